The smallest absolute Gasteiger partial charge is 0.306 e. The van der Waals surface area contributed by atoms with Crippen LogP contribution in [0.15, 0.2) is 0 Å². The van der Waals surface area contributed by atoms with Crippen molar-refractivity contribution in [3.63, 3.8) is 0 Å². The monoisotopic (exact) mass is 327 g/mol. The summed E-state index contributed by atoms with van der Waals surface area (Å²) >= 11 is 0. The van der Waals surface area contributed by atoms with Crippen LogP contribution in [-0.4, -0.2) is 18.6 Å². The molecule has 3 nitrogen and oxygen atoms in total. The van der Waals surface area contributed by atoms with Gasteiger partial charge in [0, 0.05) is 13.0 Å². The number of nitrogens with two attached hydrogens (primary N) is 1. The molecule has 23 heavy (non-hydrogen) atoms. The number of esters is 1. The lowest BCUT2D eigenvalue weighted by Crippen LogP contribution is -2.25. The molecule has 0 bridgehead atoms. The van der Waals surface area contributed by atoms with E-state index in [1.807, 2.05) is 6.92 Å². The average molecular weight is 328 g/mol. The number of hydrogen-bond donors (Lipinski definition) is 1. The van der Waals surface area contributed by atoms with Crippen molar-refractivity contribution in [3.05, 3.63) is 0 Å². The normalized spacial score (nSPS) is 12.3. The molecule has 2 N–H and O–H groups in total. The first-order valence-corrected chi connectivity index (χ1v) is 10.1. The Morgan fingerprint density at radius 3 is 1.61 bits per heavy atom. The van der Waals surface area contributed by atoms with E-state index in [1.54, 1.807) is 0 Å². The molecule has 0 fully saturated rings. The molecular formula is C20H41NO2. The van der Waals surface area contributed by atoms with E-state index in [1.165, 1.54) is 70.6 Å². The highest BCUT2D eigenvalue weighted by Crippen LogP contribution is 2.13. The van der Waals surface area contributed by atoms with Crippen LogP contribution in [0.5, 0.6) is 0 Å². The fourth-order valence-corrected chi connectivity index (χ4v) is 2.83. The Hall–Kier alpha value is -0.570. The van der Waals surface area contributed by atoms with E-state index in [0.717, 1.165) is 19.3 Å². The Bertz CT molecular complexity index is 252. The standard InChI is InChI=1S/C20H41NO2/c1-3-5-6-7-8-9-10-11-12-13-14-15-16-17-20(22)23-19(4-2)18-21/h19H,3-18,21H2,1-2H3. The molecule has 0 aromatic carbocycles. The van der Waals surface area contributed by atoms with Crippen LogP contribution >= 0.6 is 0 Å². The molecule has 1 atom stereocenters. The molecule has 3 heteroatoms. The highest BCUT2D eigenvalue weighted by atomic mass is 16.5. The second kappa shape index (κ2) is 17.8. The van der Waals surface area contributed by atoms with Crippen LogP contribution in [-0.2, 0) is 9.53 Å². The van der Waals surface area contributed by atoms with Gasteiger partial charge in [-0.05, 0) is 12.8 Å². The van der Waals surface area contributed by atoms with Crippen LogP contribution < -0.4 is 5.73 Å². The van der Waals surface area contributed by atoms with Gasteiger partial charge in [0.05, 0.1) is 0 Å². The highest BCUT2D eigenvalue weighted by molar-refractivity contribution is 5.69. The minimum absolute atomic E-state index is 0.0784. The molecular weight excluding hydrogens is 286 g/mol. The van der Waals surface area contributed by atoms with Crippen molar-refractivity contribution in [3.8, 4) is 0 Å². The summed E-state index contributed by atoms with van der Waals surface area (Å²) in [5.74, 6) is -0.0784. The van der Waals surface area contributed by atoms with Crippen molar-refractivity contribution < 1.29 is 9.53 Å². The number of ether oxygens (including phenoxy) is 1. The van der Waals surface area contributed by atoms with Crippen molar-refractivity contribution >= 4 is 5.97 Å². The van der Waals surface area contributed by atoms with Gasteiger partial charge in [0.2, 0.25) is 0 Å². The van der Waals surface area contributed by atoms with Crippen LogP contribution in [0.1, 0.15) is 110 Å². The molecule has 0 aromatic heterocycles. The minimum atomic E-state index is -0.0931. The number of unbranched alkanes of at least 4 members (excludes halogenated alkanes) is 12. The molecule has 0 spiro atoms. The second-order valence-electron chi connectivity index (χ2n) is 6.75. The predicted molar refractivity (Wildman–Crippen MR) is 99.5 cm³/mol. The van der Waals surface area contributed by atoms with E-state index < -0.39 is 0 Å². The topological polar surface area (TPSA) is 52.3 Å². The lowest BCUT2D eigenvalue weighted by atomic mass is 10.0. The highest BCUT2D eigenvalue weighted by Gasteiger charge is 2.09. The van der Waals surface area contributed by atoms with E-state index in [9.17, 15) is 4.79 Å². The van der Waals surface area contributed by atoms with Gasteiger partial charge >= 0.3 is 5.97 Å². The van der Waals surface area contributed by atoms with Crippen LogP contribution in [0.25, 0.3) is 0 Å². The number of hydrogen-bond acceptors (Lipinski definition) is 3. The van der Waals surface area contributed by atoms with Crippen molar-refractivity contribution in [2.45, 2.75) is 116 Å². The third-order valence-electron chi connectivity index (χ3n) is 4.50. The first-order valence-electron chi connectivity index (χ1n) is 10.1. The summed E-state index contributed by atoms with van der Waals surface area (Å²) in [4.78, 5) is 11.6. The zero-order chi connectivity index (χ0) is 17.2. The number of rotatable bonds is 17. The van der Waals surface area contributed by atoms with Gasteiger partial charge in [0.1, 0.15) is 6.10 Å². The van der Waals surface area contributed by atoms with Crippen LogP contribution in [0, 0.1) is 0 Å². The van der Waals surface area contributed by atoms with E-state index in [-0.39, 0.29) is 12.1 Å². The summed E-state index contributed by atoms with van der Waals surface area (Å²) in [5.41, 5.74) is 5.53. The SMILES string of the molecule is CCCCCCCCCCCCCCCC(=O)OC(CC)CN. The lowest BCUT2D eigenvalue weighted by Gasteiger charge is -2.13. The van der Waals surface area contributed by atoms with Crippen molar-refractivity contribution in [1.29, 1.82) is 0 Å². The summed E-state index contributed by atoms with van der Waals surface area (Å²) in [7, 11) is 0. The minimum Gasteiger partial charge on any atom is -0.461 e. The molecule has 0 aliphatic heterocycles. The average Bonchev–Trinajstić information content (AvgIpc) is 2.56. The van der Waals surface area contributed by atoms with Crippen molar-refractivity contribution in [2.75, 3.05) is 6.54 Å². The summed E-state index contributed by atoms with van der Waals surface area (Å²) in [5, 5.41) is 0. The van der Waals surface area contributed by atoms with Crippen LogP contribution in [0.2, 0.25) is 0 Å². The fraction of sp³-hybridized carbons (Fsp3) is 0.950. The first-order chi connectivity index (χ1) is 11.2. The van der Waals surface area contributed by atoms with Gasteiger partial charge in [-0.25, -0.2) is 0 Å². The third kappa shape index (κ3) is 16.1. The van der Waals surface area contributed by atoms with Gasteiger partial charge < -0.3 is 10.5 Å². The summed E-state index contributed by atoms with van der Waals surface area (Å²) in [6.07, 6.45) is 18.5. The Kier molecular flexibility index (Phi) is 17.3. The van der Waals surface area contributed by atoms with Crippen molar-refractivity contribution in [2.24, 2.45) is 5.73 Å². The molecule has 0 amide bonds. The van der Waals surface area contributed by atoms with E-state index in [4.69, 9.17) is 10.5 Å². The molecule has 0 aliphatic carbocycles. The third-order valence-corrected chi connectivity index (χ3v) is 4.50. The molecule has 0 radical (unpaired) electrons. The van der Waals surface area contributed by atoms with Gasteiger partial charge in [0.25, 0.3) is 0 Å². The second-order valence-corrected chi connectivity index (χ2v) is 6.75. The predicted octanol–water partition coefficient (Wildman–Crippen LogP) is 5.75. The Labute approximate surface area is 144 Å². The van der Waals surface area contributed by atoms with Crippen LogP contribution in [0.3, 0.4) is 0 Å². The van der Waals surface area contributed by atoms with Gasteiger partial charge in [-0.15, -0.1) is 0 Å². The molecule has 0 aliphatic rings. The molecule has 1 unspecified atom stereocenters. The molecule has 138 valence electrons. The van der Waals surface area contributed by atoms with Gasteiger partial charge in [-0.3, -0.25) is 4.79 Å². The summed E-state index contributed by atoms with van der Waals surface area (Å²) in [6.45, 7) is 4.70. The van der Waals surface area contributed by atoms with Gasteiger partial charge in [0.15, 0.2) is 0 Å². The maximum absolute atomic E-state index is 11.6. The number of carbonyl (C=O) groups is 1. The molecule has 0 heterocycles. The van der Waals surface area contributed by atoms with Crippen LogP contribution in [0.4, 0.5) is 0 Å². The lowest BCUT2D eigenvalue weighted by molar-refractivity contribution is -0.148. The Morgan fingerprint density at radius 2 is 1.22 bits per heavy atom. The fourth-order valence-electron chi connectivity index (χ4n) is 2.83. The summed E-state index contributed by atoms with van der Waals surface area (Å²) < 4.78 is 5.29. The van der Waals surface area contributed by atoms with Gasteiger partial charge in [-0.2, -0.15) is 0 Å². The maximum Gasteiger partial charge on any atom is 0.306 e. The first kappa shape index (κ1) is 22.4. The van der Waals surface area contributed by atoms with E-state index in [2.05, 4.69) is 6.92 Å². The molecule has 0 aromatic rings. The van der Waals surface area contributed by atoms with Crippen molar-refractivity contribution in [1.82, 2.24) is 0 Å². The zero-order valence-corrected chi connectivity index (χ0v) is 15.8. The Balaban J connectivity index is 3.20. The molecule has 0 rings (SSSR count). The largest absolute Gasteiger partial charge is 0.461 e. The quantitative estimate of drug-likeness (QED) is 0.273. The van der Waals surface area contributed by atoms with E-state index >= 15 is 0 Å². The van der Waals surface area contributed by atoms with Gasteiger partial charge in [-0.1, -0.05) is 90.9 Å². The summed E-state index contributed by atoms with van der Waals surface area (Å²) in [6, 6.07) is 0. The molecule has 0 saturated heterocycles. The number of carbonyl (C=O) groups excluding carboxylic acids is 1. The van der Waals surface area contributed by atoms with E-state index in [0.29, 0.717) is 13.0 Å². The maximum atomic E-state index is 11.6. The molecule has 0 saturated carbocycles. The Morgan fingerprint density at radius 1 is 0.783 bits per heavy atom. The zero-order valence-electron chi connectivity index (χ0n) is 15.8.